The lowest BCUT2D eigenvalue weighted by Gasteiger charge is -2.28. The van der Waals surface area contributed by atoms with Crippen LogP contribution in [0.25, 0.3) is 12.2 Å². The highest BCUT2D eigenvalue weighted by Gasteiger charge is 2.72. The smallest absolute Gasteiger partial charge is 0.459 e. The highest BCUT2D eigenvalue weighted by Crippen LogP contribution is 2.48. The highest BCUT2D eigenvalue weighted by atomic mass is 19.4. The second-order valence-electron chi connectivity index (χ2n) is 15.1. The largest absolute Gasteiger partial charge is 0.494 e. The van der Waals surface area contributed by atoms with E-state index in [0.29, 0.717) is 42.6 Å². The maximum atomic E-state index is 13.4. The standard InChI is InChI=1S/C49H45F10NO11/c50-46(51,48(55,56)49(57,58)59)27-5-32-69-45(65)60-37-17-13-35(14-18-37)43(63)70-39-19-7-33(8-20-39)11-25-41(61)67-29-3-1-2-4-30-68-42(62)26-12-34-9-21-40(22-10-34)71-44(64)36-15-23-38(24-16-36)66-31-6-28-47(52,53)54/h7-26H,1-6,27-32H2,(H,60,65)/b25-11+,26-12?. The third-order valence-electron chi connectivity index (χ3n) is 9.55. The molecule has 71 heavy (non-hydrogen) atoms. The Bertz CT molecular complexity index is 2420. The third kappa shape index (κ3) is 19.9. The molecule has 0 atom stereocenters. The molecule has 0 unspecified atom stereocenters. The van der Waals surface area contributed by atoms with Crippen LogP contribution in [0.2, 0.25) is 0 Å². The molecule has 0 heterocycles. The Morgan fingerprint density at radius 1 is 0.465 bits per heavy atom. The lowest BCUT2D eigenvalue weighted by molar-refractivity contribution is -0.355. The molecule has 22 heteroatoms. The molecule has 4 rings (SSSR count). The van der Waals surface area contributed by atoms with E-state index in [9.17, 15) is 67.9 Å². The number of carbonyl (C=O) groups excluding carboxylic acids is 5. The Hall–Kier alpha value is -7.39. The van der Waals surface area contributed by atoms with Gasteiger partial charge >= 0.3 is 54.2 Å². The van der Waals surface area contributed by atoms with Gasteiger partial charge in [0.25, 0.3) is 0 Å². The molecule has 0 aliphatic heterocycles. The number of benzene rings is 4. The molecule has 4 aromatic rings. The van der Waals surface area contributed by atoms with Crippen molar-refractivity contribution in [3.05, 3.63) is 131 Å². The van der Waals surface area contributed by atoms with Crippen LogP contribution in [0.3, 0.4) is 0 Å². The first-order chi connectivity index (χ1) is 33.5. The Labute approximate surface area is 399 Å². The van der Waals surface area contributed by atoms with Crippen LogP contribution in [0.15, 0.2) is 109 Å². The van der Waals surface area contributed by atoms with Crippen LogP contribution in [-0.4, -0.2) is 80.6 Å². The summed E-state index contributed by atoms with van der Waals surface area (Å²) in [4.78, 5) is 61.3. The molecule has 1 amide bonds. The molecule has 0 aliphatic rings. The SMILES string of the molecule is O=C(C=Cc1ccc(OC(=O)c2ccc(OCCCC(F)(F)F)cc2)cc1)OCCCCCCOC(=O)/C=C/c1ccc(OC(=O)c2ccc(NC(=O)OCCCC(F)(F)C(F)(F)C(F)(F)F)cc2)cc1. The van der Waals surface area contributed by atoms with Gasteiger partial charge in [0.1, 0.15) is 17.2 Å². The van der Waals surface area contributed by atoms with E-state index >= 15 is 0 Å². The molecule has 0 saturated carbocycles. The van der Waals surface area contributed by atoms with Gasteiger partial charge in [0.05, 0.1) is 37.6 Å². The fourth-order valence-corrected chi connectivity index (χ4v) is 5.77. The van der Waals surface area contributed by atoms with Gasteiger partial charge in [-0.25, -0.2) is 24.0 Å². The first kappa shape index (κ1) is 56.2. The van der Waals surface area contributed by atoms with E-state index in [4.69, 9.17) is 23.7 Å². The monoisotopic (exact) mass is 1010 g/mol. The summed E-state index contributed by atoms with van der Waals surface area (Å²) in [6.45, 7) is -0.667. The number of anilines is 1. The summed E-state index contributed by atoms with van der Waals surface area (Å²) >= 11 is 0. The van der Waals surface area contributed by atoms with E-state index in [1.54, 1.807) is 24.3 Å². The van der Waals surface area contributed by atoms with Crippen molar-refractivity contribution in [2.45, 2.75) is 75.6 Å². The number of alkyl halides is 10. The topological polar surface area (TPSA) is 153 Å². The minimum absolute atomic E-state index is 0.0476. The number of hydrogen-bond acceptors (Lipinski definition) is 11. The van der Waals surface area contributed by atoms with Gasteiger partial charge in [0.15, 0.2) is 0 Å². The number of nitrogens with one attached hydrogen (secondary N) is 1. The predicted molar refractivity (Wildman–Crippen MR) is 235 cm³/mol. The van der Waals surface area contributed by atoms with E-state index in [1.165, 1.54) is 97.1 Å². The molecule has 0 fully saturated rings. The van der Waals surface area contributed by atoms with Gasteiger partial charge in [-0.15, -0.1) is 0 Å². The first-order valence-electron chi connectivity index (χ1n) is 21.5. The molecule has 4 aromatic carbocycles. The Morgan fingerprint density at radius 2 is 0.887 bits per heavy atom. The number of unbranched alkanes of at least 4 members (excludes halogenated alkanes) is 3. The lowest BCUT2D eigenvalue weighted by atomic mass is 10.1. The lowest BCUT2D eigenvalue weighted by Crippen LogP contribution is -2.51. The fourth-order valence-electron chi connectivity index (χ4n) is 5.77. The van der Waals surface area contributed by atoms with Crippen LogP contribution in [0.5, 0.6) is 17.2 Å². The van der Waals surface area contributed by atoms with Crippen molar-refractivity contribution >= 4 is 47.8 Å². The van der Waals surface area contributed by atoms with Crippen molar-refractivity contribution in [2.75, 3.05) is 31.7 Å². The summed E-state index contributed by atoms with van der Waals surface area (Å²) in [6.07, 6.45) is -7.90. The van der Waals surface area contributed by atoms with Gasteiger partial charge in [0.2, 0.25) is 0 Å². The van der Waals surface area contributed by atoms with Crippen molar-refractivity contribution in [3.8, 4) is 17.2 Å². The zero-order valence-electron chi connectivity index (χ0n) is 37.3. The number of rotatable bonds is 25. The zero-order valence-corrected chi connectivity index (χ0v) is 37.3. The number of carbonyl (C=O) groups is 5. The summed E-state index contributed by atoms with van der Waals surface area (Å²) in [5.41, 5.74) is 1.54. The molecule has 1 N–H and O–H groups in total. The first-order valence-corrected chi connectivity index (χ1v) is 21.5. The summed E-state index contributed by atoms with van der Waals surface area (Å²) in [6, 6.07) is 23.2. The molecule has 0 bridgehead atoms. The van der Waals surface area contributed by atoms with Crippen molar-refractivity contribution in [1.82, 2.24) is 0 Å². The fraction of sp³-hybridized carbons (Fsp3) is 0.327. The van der Waals surface area contributed by atoms with E-state index in [0.717, 1.165) is 0 Å². The molecule has 0 radical (unpaired) electrons. The maximum Gasteiger partial charge on any atom is 0.459 e. The molecule has 0 saturated heterocycles. The van der Waals surface area contributed by atoms with Gasteiger partial charge < -0.3 is 28.4 Å². The predicted octanol–water partition coefficient (Wildman–Crippen LogP) is 12.4. The number of amides is 1. The number of halogens is 10. The summed E-state index contributed by atoms with van der Waals surface area (Å²) in [5, 5.41) is 2.18. The summed E-state index contributed by atoms with van der Waals surface area (Å²) in [7, 11) is 0. The van der Waals surface area contributed by atoms with Gasteiger partial charge in [-0.1, -0.05) is 24.3 Å². The van der Waals surface area contributed by atoms with Crippen molar-refractivity contribution in [3.63, 3.8) is 0 Å². The van der Waals surface area contributed by atoms with Gasteiger partial charge in [-0.2, -0.15) is 43.9 Å². The van der Waals surface area contributed by atoms with Crippen LogP contribution in [0.1, 0.15) is 83.2 Å². The van der Waals surface area contributed by atoms with Crippen LogP contribution in [0.4, 0.5) is 54.4 Å². The second-order valence-corrected chi connectivity index (χ2v) is 15.1. The van der Waals surface area contributed by atoms with E-state index in [-0.39, 0.29) is 54.6 Å². The Morgan fingerprint density at radius 3 is 1.34 bits per heavy atom. The Kier molecular flexibility index (Phi) is 21.0. The third-order valence-corrected chi connectivity index (χ3v) is 9.55. The average molecular weight is 1010 g/mol. The van der Waals surface area contributed by atoms with Crippen molar-refractivity contribution < 1.29 is 96.3 Å². The van der Waals surface area contributed by atoms with E-state index in [2.05, 4.69) is 10.1 Å². The average Bonchev–Trinajstić information content (AvgIpc) is 3.31. The Balaban J connectivity index is 1.03. The highest BCUT2D eigenvalue weighted by molar-refractivity contribution is 5.93. The number of ether oxygens (including phenoxy) is 6. The summed E-state index contributed by atoms with van der Waals surface area (Å²) < 4.78 is 157. The number of esters is 4. The van der Waals surface area contributed by atoms with Crippen molar-refractivity contribution in [1.29, 1.82) is 0 Å². The maximum absolute atomic E-state index is 13.4. The zero-order chi connectivity index (χ0) is 52.1. The minimum atomic E-state index is -6.46. The normalized spacial score (nSPS) is 12.1. The minimum Gasteiger partial charge on any atom is -0.494 e. The molecule has 382 valence electrons. The second kappa shape index (κ2) is 26.6. The van der Waals surface area contributed by atoms with Gasteiger partial charge in [-0.05, 0) is 135 Å². The van der Waals surface area contributed by atoms with Gasteiger partial charge in [0, 0.05) is 30.7 Å². The van der Waals surface area contributed by atoms with E-state index < -0.39 is 80.0 Å². The number of hydrogen-bond donors (Lipinski definition) is 1. The van der Waals surface area contributed by atoms with Crippen molar-refractivity contribution in [2.24, 2.45) is 0 Å². The molecule has 0 spiro atoms. The van der Waals surface area contributed by atoms with Crippen LogP contribution in [-0.2, 0) is 23.8 Å². The van der Waals surface area contributed by atoms with E-state index in [1.807, 2.05) is 0 Å². The van der Waals surface area contributed by atoms with Crippen LogP contribution >= 0.6 is 0 Å². The molecule has 12 nitrogen and oxygen atoms in total. The molecular weight excluding hydrogens is 969 g/mol. The quantitative estimate of drug-likeness (QED) is 0.0169. The van der Waals surface area contributed by atoms with Crippen LogP contribution in [0, 0.1) is 0 Å². The summed E-state index contributed by atoms with van der Waals surface area (Å²) in [5.74, 6) is -13.5. The molecule has 0 aliphatic carbocycles. The molecular formula is C49H45F10NO11. The van der Waals surface area contributed by atoms with Crippen LogP contribution < -0.4 is 19.5 Å². The van der Waals surface area contributed by atoms with Gasteiger partial charge in [-0.3, -0.25) is 5.32 Å². The molecule has 0 aromatic heterocycles.